The maximum Gasteiger partial charge on any atom is 0.295 e. The summed E-state index contributed by atoms with van der Waals surface area (Å²) in [4.78, 5) is 19.3. The third-order valence-electron chi connectivity index (χ3n) is 5.10. The number of aromatic nitrogens is 2. The zero-order valence-electron chi connectivity index (χ0n) is 16.2. The van der Waals surface area contributed by atoms with Crippen molar-refractivity contribution in [3.8, 4) is 0 Å². The average Bonchev–Trinajstić information content (AvgIpc) is 3.21. The molecule has 1 aliphatic rings. The Hall–Kier alpha value is -3.06. The van der Waals surface area contributed by atoms with Gasteiger partial charge < -0.3 is 9.88 Å². The van der Waals surface area contributed by atoms with E-state index in [1.54, 1.807) is 0 Å². The van der Waals surface area contributed by atoms with E-state index in [2.05, 4.69) is 9.97 Å². The number of sulfonamides is 1. The molecule has 1 N–H and O–H groups in total. The highest BCUT2D eigenvalue weighted by Gasteiger charge is 2.33. The number of aromatic amines is 1. The quantitative estimate of drug-likeness (QED) is 0.465. The molecule has 0 atom stereocenters. The minimum atomic E-state index is -4.45. The maximum atomic E-state index is 14.0. The van der Waals surface area contributed by atoms with E-state index in [0.717, 1.165) is 4.31 Å². The number of nitrogens with one attached hydrogen (secondary N) is 1. The number of alkyl halides is 2. The number of hydrogen-bond acceptors (Lipinski definition) is 4. The number of hydrogen-bond donors (Lipinski definition) is 1. The molecule has 1 amide bonds. The van der Waals surface area contributed by atoms with Crippen LogP contribution in [-0.4, -0.2) is 59.7 Å². The Bertz CT molecular complexity index is 1300. The Labute approximate surface area is 178 Å². The summed E-state index contributed by atoms with van der Waals surface area (Å²) in [6.07, 6.45) is -2.80. The van der Waals surface area contributed by atoms with E-state index in [4.69, 9.17) is 0 Å². The van der Waals surface area contributed by atoms with Gasteiger partial charge in [0.2, 0.25) is 10.0 Å². The number of amides is 1. The zero-order valence-corrected chi connectivity index (χ0v) is 17.0. The van der Waals surface area contributed by atoms with Gasteiger partial charge in [-0.15, -0.1) is 0 Å². The largest absolute Gasteiger partial charge is 0.337 e. The minimum absolute atomic E-state index is 0.0490. The molecule has 32 heavy (non-hydrogen) atoms. The van der Waals surface area contributed by atoms with Gasteiger partial charge >= 0.3 is 0 Å². The number of piperazine rings is 1. The number of fused-ring (bicyclic) bond motifs is 1. The fourth-order valence-electron chi connectivity index (χ4n) is 3.43. The standard InChI is InChI=1S/C19H15F5N4O3S/c20-11-2-4-14(16(22)15(11)21)32(30,31)28-7-5-27(6-8-28)19(29)10-1-3-12-13(9-10)26-18(25-12)17(23)24/h1-4,9,17H,5-8H2,(H,25,26). The summed E-state index contributed by atoms with van der Waals surface area (Å²) in [5.41, 5.74) is 0.701. The van der Waals surface area contributed by atoms with E-state index < -0.39 is 50.5 Å². The Kier molecular flexibility index (Phi) is 5.63. The molecule has 3 aromatic rings. The predicted molar refractivity (Wildman–Crippen MR) is 102 cm³/mol. The van der Waals surface area contributed by atoms with E-state index in [0.29, 0.717) is 12.1 Å². The molecule has 0 radical (unpaired) electrons. The van der Waals surface area contributed by atoms with Gasteiger partial charge in [0.1, 0.15) is 4.90 Å². The molecule has 0 bridgehead atoms. The molecule has 4 rings (SSSR count). The number of carbonyl (C=O) groups excluding carboxylic acids is 1. The molecule has 1 aliphatic heterocycles. The van der Waals surface area contributed by atoms with Gasteiger partial charge in [-0.05, 0) is 30.3 Å². The Morgan fingerprint density at radius 3 is 2.34 bits per heavy atom. The molecule has 0 aliphatic carbocycles. The van der Waals surface area contributed by atoms with Gasteiger partial charge in [0, 0.05) is 31.7 Å². The summed E-state index contributed by atoms with van der Waals surface area (Å²) in [5.74, 6) is -6.18. The third kappa shape index (κ3) is 3.81. The second kappa shape index (κ2) is 8.13. The molecule has 13 heteroatoms. The predicted octanol–water partition coefficient (Wildman–Crippen LogP) is 3.06. The number of H-pyrrole nitrogens is 1. The Balaban J connectivity index is 1.49. The van der Waals surface area contributed by atoms with Gasteiger partial charge in [-0.25, -0.2) is 35.4 Å². The number of rotatable bonds is 4. The van der Waals surface area contributed by atoms with Crippen LogP contribution in [0.4, 0.5) is 22.0 Å². The summed E-state index contributed by atoms with van der Waals surface area (Å²) < 4.78 is 92.3. The highest BCUT2D eigenvalue weighted by atomic mass is 32.2. The van der Waals surface area contributed by atoms with Gasteiger partial charge in [0.15, 0.2) is 23.3 Å². The smallest absolute Gasteiger partial charge is 0.295 e. The lowest BCUT2D eigenvalue weighted by atomic mass is 10.1. The summed E-state index contributed by atoms with van der Waals surface area (Å²) in [6.45, 7) is -0.498. The number of benzene rings is 2. The lowest BCUT2D eigenvalue weighted by molar-refractivity contribution is 0.0698. The average molecular weight is 474 g/mol. The fraction of sp³-hybridized carbons (Fsp3) is 0.263. The van der Waals surface area contributed by atoms with E-state index >= 15 is 0 Å². The first-order valence-corrected chi connectivity index (χ1v) is 10.7. The number of carbonyl (C=O) groups is 1. The first kappa shape index (κ1) is 22.1. The van der Waals surface area contributed by atoms with Crippen LogP contribution in [0.1, 0.15) is 22.6 Å². The van der Waals surface area contributed by atoms with Crippen molar-refractivity contribution in [2.24, 2.45) is 0 Å². The number of halogens is 5. The number of imidazole rings is 1. The molecule has 1 saturated heterocycles. The van der Waals surface area contributed by atoms with Crippen LogP contribution >= 0.6 is 0 Å². The van der Waals surface area contributed by atoms with Crippen LogP contribution in [0, 0.1) is 17.5 Å². The maximum absolute atomic E-state index is 14.0. The van der Waals surface area contributed by atoms with Crippen molar-refractivity contribution >= 4 is 27.0 Å². The van der Waals surface area contributed by atoms with E-state index in [-0.39, 0.29) is 42.8 Å². The minimum Gasteiger partial charge on any atom is -0.337 e. The van der Waals surface area contributed by atoms with Crippen molar-refractivity contribution in [3.05, 3.63) is 59.2 Å². The van der Waals surface area contributed by atoms with Gasteiger partial charge in [-0.2, -0.15) is 4.31 Å². The summed E-state index contributed by atoms with van der Waals surface area (Å²) in [6, 6.07) is 5.37. The third-order valence-corrected chi connectivity index (χ3v) is 7.01. The Morgan fingerprint density at radius 1 is 1.00 bits per heavy atom. The molecule has 0 saturated carbocycles. The van der Waals surface area contributed by atoms with Crippen LogP contribution in [0.5, 0.6) is 0 Å². The lowest BCUT2D eigenvalue weighted by Gasteiger charge is -2.34. The van der Waals surface area contributed by atoms with Gasteiger partial charge in [-0.3, -0.25) is 4.79 Å². The van der Waals surface area contributed by atoms with Crippen molar-refractivity contribution in [2.45, 2.75) is 11.3 Å². The van der Waals surface area contributed by atoms with Crippen LogP contribution < -0.4 is 0 Å². The molecule has 170 valence electrons. The van der Waals surface area contributed by atoms with E-state index in [1.807, 2.05) is 0 Å². The van der Waals surface area contributed by atoms with Crippen molar-refractivity contribution in [1.29, 1.82) is 0 Å². The normalized spacial score (nSPS) is 15.6. The summed E-state index contributed by atoms with van der Waals surface area (Å²) >= 11 is 0. The Morgan fingerprint density at radius 2 is 1.69 bits per heavy atom. The first-order chi connectivity index (χ1) is 15.1. The molecule has 0 spiro atoms. The molecule has 1 fully saturated rings. The topological polar surface area (TPSA) is 86.4 Å². The number of nitrogens with zero attached hydrogens (tertiary/aromatic N) is 3. The molecule has 1 aromatic heterocycles. The molecule has 2 heterocycles. The van der Waals surface area contributed by atoms with Gasteiger partial charge in [-0.1, -0.05) is 0 Å². The second-order valence-electron chi connectivity index (χ2n) is 7.02. The van der Waals surface area contributed by atoms with Crippen molar-refractivity contribution in [1.82, 2.24) is 19.2 Å². The van der Waals surface area contributed by atoms with Crippen LogP contribution in [-0.2, 0) is 10.0 Å². The molecule has 2 aromatic carbocycles. The van der Waals surface area contributed by atoms with E-state index in [1.165, 1.54) is 23.1 Å². The van der Waals surface area contributed by atoms with Crippen molar-refractivity contribution < 1.29 is 35.2 Å². The van der Waals surface area contributed by atoms with Gasteiger partial charge in [0.25, 0.3) is 12.3 Å². The highest BCUT2D eigenvalue weighted by Crippen LogP contribution is 2.25. The van der Waals surface area contributed by atoms with Crippen LogP contribution in [0.2, 0.25) is 0 Å². The van der Waals surface area contributed by atoms with Crippen LogP contribution in [0.25, 0.3) is 11.0 Å². The molecule has 7 nitrogen and oxygen atoms in total. The SMILES string of the molecule is O=C(c1ccc2nc(C(F)F)[nH]c2c1)N1CCN(S(=O)(=O)c2ccc(F)c(F)c2F)CC1. The molecule has 0 unspecified atom stereocenters. The monoisotopic (exact) mass is 474 g/mol. The van der Waals surface area contributed by atoms with Crippen molar-refractivity contribution in [2.75, 3.05) is 26.2 Å². The van der Waals surface area contributed by atoms with Gasteiger partial charge in [0.05, 0.1) is 11.0 Å². The first-order valence-electron chi connectivity index (χ1n) is 9.30. The van der Waals surface area contributed by atoms with Crippen LogP contribution in [0.15, 0.2) is 35.2 Å². The summed E-state index contributed by atoms with van der Waals surface area (Å²) in [5, 5.41) is 0. The van der Waals surface area contributed by atoms with E-state index in [9.17, 15) is 35.2 Å². The fourth-order valence-corrected chi connectivity index (χ4v) is 4.90. The highest BCUT2D eigenvalue weighted by molar-refractivity contribution is 7.89. The molecular formula is C19H15F5N4O3S. The zero-order chi connectivity index (χ0) is 23.2. The lowest BCUT2D eigenvalue weighted by Crippen LogP contribution is -2.50. The van der Waals surface area contributed by atoms with Crippen molar-refractivity contribution in [3.63, 3.8) is 0 Å². The summed E-state index contributed by atoms with van der Waals surface area (Å²) in [7, 11) is -4.45. The molecular weight excluding hydrogens is 459 g/mol. The van der Waals surface area contributed by atoms with Crippen LogP contribution in [0.3, 0.4) is 0 Å². The second-order valence-corrected chi connectivity index (χ2v) is 8.93.